The van der Waals surface area contributed by atoms with Crippen LogP contribution in [-0.2, 0) is 9.53 Å². The molecule has 5 rings (SSSR count). The van der Waals surface area contributed by atoms with Gasteiger partial charge in [0.2, 0.25) is 0 Å². The third kappa shape index (κ3) is 4.10. The van der Waals surface area contributed by atoms with Gasteiger partial charge < -0.3 is 9.30 Å². The van der Waals surface area contributed by atoms with E-state index in [2.05, 4.69) is 60.7 Å². The van der Waals surface area contributed by atoms with Crippen LogP contribution in [0.1, 0.15) is 47.3 Å². The Hall–Kier alpha value is -3.49. The van der Waals surface area contributed by atoms with E-state index in [1.165, 1.54) is 28.2 Å². The Bertz CT molecular complexity index is 1670. The first-order chi connectivity index (χ1) is 17.3. The van der Waals surface area contributed by atoms with E-state index < -0.39 is 12.0 Å². The molecule has 0 spiro atoms. The van der Waals surface area contributed by atoms with Crippen LogP contribution in [0.5, 0.6) is 0 Å². The lowest BCUT2D eigenvalue weighted by Gasteiger charge is -2.23. The zero-order chi connectivity index (χ0) is 25.6. The van der Waals surface area contributed by atoms with Crippen LogP contribution in [0.25, 0.3) is 11.8 Å². The highest BCUT2D eigenvalue weighted by molar-refractivity contribution is 7.10. The van der Waals surface area contributed by atoms with Crippen molar-refractivity contribution in [3.8, 4) is 5.69 Å². The maximum Gasteiger partial charge on any atom is 0.338 e. The summed E-state index contributed by atoms with van der Waals surface area (Å²) in [6.45, 7) is 10.0. The van der Waals surface area contributed by atoms with Gasteiger partial charge in [-0.25, -0.2) is 9.79 Å². The van der Waals surface area contributed by atoms with Crippen molar-refractivity contribution < 1.29 is 9.53 Å². The third-order valence-corrected chi connectivity index (χ3v) is 8.29. The van der Waals surface area contributed by atoms with Gasteiger partial charge >= 0.3 is 5.97 Å². The van der Waals surface area contributed by atoms with Crippen LogP contribution in [0.2, 0.25) is 0 Å². The lowest BCUT2D eigenvalue weighted by molar-refractivity contribution is -0.139. The van der Waals surface area contributed by atoms with Gasteiger partial charge in [-0.1, -0.05) is 35.1 Å². The molecule has 4 aromatic rings. The van der Waals surface area contributed by atoms with Crippen LogP contribution >= 0.6 is 22.7 Å². The molecule has 8 heteroatoms. The first-order valence-corrected chi connectivity index (χ1v) is 13.5. The fourth-order valence-electron chi connectivity index (χ4n) is 4.67. The Morgan fingerprint density at radius 2 is 1.89 bits per heavy atom. The minimum Gasteiger partial charge on any atom is -0.463 e. The van der Waals surface area contributed by atoms with Crippen molar-refractivity contribution in [2.24, 2.45) is 4.99 Å². The molecule has 3 aromatic heterocycles. The highest BCUT2D eigenvalue weighted by atomic mass is 32.1. The monoisotopic (exact) mass is 517 g/mol. The molecule has 4 heterocycles. The molecular weight excluding hydrogens is 490 g/mol. The minimum atomic E-state index is -0.553. The number of aromatic nitrogens is 2. The predicted molar refractivity (Wildman–Crippen MR) is 145 cm³/mol. The number of thiophene rings is 1. The van der Waals surface area contributed by atoms with Gasteiger partial charge in [-0.05, 0) is 75.9 Å². The molecule has 0 saturated heterocycles. The van der Waals surface area contributed by atoms with Gasteiger partial charge in [-0.3, -0.25) is 9.36 Å². The molecule has 1 unspecified atom stereocenters. The number of thiazole rings is 1. The van der Waals surface area contributed by atoms with Gasteiger partial charge in [-0.15, -0.1) is 11.3 Å². The van der Waals surface area contributed by atoms with Crippen molar-refractivity contribution in [2.45, 2.75) is 40.7 Å². The van der Waals surface area contributed by atoms with E-state index in [0.717, 1.165) is 27.5 Å². The highest BCUT2D eigenvalue weighted by Gasteiger charge is 2.33. The van der Waals surface area contributed by atoms with Crippen LogP contribution in [0, 0.1) is 20.8 Å². The van der Waals surface area contributed by atoms with Gasteiger partial charge in [0.05, 0.1) is 22.4 Å². The Kier molecular flexibility index (Phi) is 6.40. The van der Waals surface area contributed by atoms with Crippen molar-refractivity contribution in [1.82, 2.24) is 9.13 Å². The number of hydrogen-bond donors (Lipinski definition) is 0. The van der Waals surface area contributed by atoms with E-state index in [0.29, 0.717) is 20.6 Å². The Morgan fingerprint density at radius 3 is 2.56 bits per heavy atom. The molecule has 1 atom stereocenters. The second-order valence-corrected chi connectivity index (χ2v) is 10.8. The summed E-state index contributed by atoms with van der Waals surface area (Å²) in [7, 11) is 0. The van der Waals surface area contributed by atoms with Crippen LogP contribution in [0.3, 0.4) is 0 Å². The van der Waals surface area contributed by atoms with Gasteiger partial charge in [0.15, 0.2) is 4.80 Å². The van der Waals surface area contributed by atoms with Crippen molar-refractivity contribution in [3.05, 3.63) is 106 Å². The summed E-state index contributed by atoms with van der Waals surface area (Å²) < 4.78 is 9.76. The van der Waals surface area contributed by atoms with Crippen molar-refractivity contribution >= 4 is 34.7 Å². The zero-order valence-corrected chi connectivity index (χ0v) is 22.5. The van der Waals surface area contributed by atoms with Gasteiger partial charge in [0, 0.05) is 22.0 Å². The fraction of sp³-hybridized carbons (Fsp3) is 0.250. The Balaban J connectivity index is 1.67. The van der Waals surface area contributed by atoms with E-state index in [9.17, 15) is 9.59 Å². The van der Waals surface area contributed by atoms with Crippen molar-refractivity contribution in [3.63, 3.8) is 0 Å². The van der Waals surface area contributed by atoms with Crippen molar-refractivity contribution in [2.75, 3.05) is 6.61 Å². The number of esters is 1. The Morgan fingerprint density at radius 1 is 1.14 bits per heavy atom. The van der Waals surface area contributed by atoms with Gasteiger partial charge in [0.1, 0.15) is 6.04 Å². The molecule has 0 fully saturated rings. The number of allylic oxidation sites excluding steroid dienone is 1. The normalized spacial score (nSPS) is 15.7. The molecule has 0 aliphatic carbocycles. The summed E-state index contributed by atoms with van der Waals surface area (Å²) >= 11 is 2.86. The summed E-state index contributed by atoms with van der Waals surface area (Å²) in [6, 6.07) is 13.8. The quantitative estimate of drug-likeness (QED) is 0.364. The number of ether oxygens (including phenoxy) is 1. The smallest absolute Gasteiger partial charge is 0.338 e. The maximum atomic E-state index is 13.8. The minimum absolute atomic E-state index is 0.161. The summed E-state index contributed by atoms with van der Waals surface area (Å²) in [4.78, 5) is 32.8. The number of benzene rings is 1. The maximum absolute atomic E-state index is 13.8. The first-order valence-electron chi connectivity index (χ1n) is 11.8. The van der Waals surface area contributed by atoms with E-state index in [-0.39, 0.29) is 12.2 Å². The molecule has 0 amide bonds. The van der Waals surface area contributed by atoms with Crippen LogP contribution in [0.15, 0.2) is 68.9 Å². The molecule has 184 valence electrons. The zero-order valence-electron chi connectivity index (χ0n) is 20.9. The van der Waals surface area contributed by atoms with Crippen molar-refractivity contribution in [1.29, 1.82) is 0 Å². The number of rotatable bonds is 5. The summed E-state index contributed by atoms with van der Waals surface area (Å²) in [5.41, 5.74) is 6.25. The molecular formula is C28H27N3O3S2. The average molecular weight is 518 g/mol. The fourth-order valence-corrected chi connectivity index (χ4v) is 6.53. The summed E-state index contributed by atoms with van der Waals surface area (Å²) in [5.74, 6) is -0.437. The number of aryl methyl sites for hydroxylation is 2. The molecule has 36 heavy (non-hydrogen) atoms. The van der Waals surface area contributed by atoms with Gasteiger partial charge in [0.25, 0.3) is 5.56 Å². The first kappa shape index (κ1) is 24.2. The topological polar surface area (TPSA) is 65.6 Å². The molecule has 1 aliphatic heterocycles. The predicted octanol–water partition coefficient (Wildman–Crippen LogP) is 4.58. The number of carbonyl (C=O) groups excluding carboxylic acids is 1. The molecule has 6 nitrogen and oxygen atoms in total. The molecule has 0 bridgehead atoms. The lowest BCUT2D eigenvalue weighted by Crippen LogP contribution is -2.39. The van der Waals surface area contributed by atoms with Crippen LogP contribution in [0.4, 0.5) is 0 Å². The largest absolute Gasteiger partial charge is 0.463 e. The van der Waals surface area contributed by atoms with Crippen LogP contribution in [-0.4, -0.2) is 21.7 Å². The number of carbonyl (C=O) groups is 1. The molecule has 1 aromatic carbocycles. The van der Waals surface area contributed by atoms with E-state index in [4.69, 9.17) is 4.74 Å². The molecule has 0 radical (unpaired) electrons. The molecule has 0 saturated carbocycles. The van der Waals surface area contributed by atoms with E-state index >= 15 is 0 Å². The molecule has 0 N–H and O–H groups in total. The summed E-state index contributed by atoms with van der Waals surface area (Å²) in [6.07, 6.45) is 1.94. The average Bonchev–Trinajstić information content (AvgIpc) is 3.54. The third-order valence-electron chi connectivity index (χ3n) is 6.38. The van der Waals surface area contributed by atoms with Gasteiger partial charge in [-0.2, -0.15) is 0 Å². The summed E-state index contributed by atoms with van der Waals surface area (Å²) in [5, 5.41) is 1.95. The van der Waals surface area contributed by atoms with E-state index in [1.807, 2.05) is 23.6 Å². The second-order valence-electron chi connectivity index (χ2n) is 8.82. The lowest BCUT2D eigenvalue weighted by atomic mass is 10.0. The number of hydrogen-bond acceptors (Lipinski definition) is 6. The Labute approximate surface area is 217 Å². The standard InChI is InChI=1S/C28H27N3O3S2/c1-6-34-27(33)24-18(4)29-28-31(25(24)22-8-7-13-35-22)26(32)23(36-28)15-20-14-17(3)30(19(20)5)21-11-9-16(2)10-12-21/h7-15,25H,6H2,1-5H3/b23-15+. The highest BCUT2D eigenvalue weighted by Crippen LogP contribution is 2.33. The second kappa shape index (κ2) is 9.52. The number of nitrogens with zero attached hydrogens (tertiary/aromatic N) is 3. The van der Waals surface area contributed by atoms with E-state index in [1.54, 1.807) is 18.4 Å². The number of fused-ring (bicyclic) bond motifs is 1. The SMILES string of the molecule is CCOC(=O)C1=C(C)N=c2s/c(=C/c3cc(C)n(-c4ccc(C)cc4)c3C)c(=O)n2C1c1cccs1. The molecule has 1 aliphatic rings. The van der Waals surface area contributed by atoms with Crippen LogP contribution < -0.4 is 14.9 Å².